The van der Waals surface area contributed by atoms with Gasteiger partial charge in [0.05, 0.1) is 12.7 Å². The molecule has 0 bridgehead atoms. The molecule has 104 valence electrons. The number of hydrogen-bond donors (Lipinski definition) is 1. The summed E-state index contributed by atoms with van der Waals surface area (Å²) in [5.74, 6) is 2.89. The van der Waals surface area contributed by atoms with E-state index < -0.39 is 0 Å². The fourth-order valence-corrected chi connectivity index (χ4v) is 3.79. The minimum Gasteiger partial charge on any atom is -0.493 e. The Labute approximate surface area is 115 Å². The van der Waals surface area contributed by atoms with Crippen molar-refractivity contribution in [3.63, 3.8) is 0 Å². The van der Waals surface area contributed by atoms with E-state index in [9.17, 15) is 5.11 Å². The lowest BCUT2D eigenvalue weighted by Gasteiger charge is -2.16. The Morgan fingerprint density at radius 3 is 2.58 bits per heavy atom. The molecule has 3 unspecified atom stereocenters. The molecule has 2 nitrogen and oxygen atoms in total. The van der Waals surface area contributed by atoms with E-state index >= 15 is 0 Å². The summed E-state index contributed by atoms with van der Waals surface area (Å²) in [6, 6.07) is 8.00. The lowest BCUT2D eigenvalue weighted by Crippen LogP contribution is -2.06. The van der Waals surface area contributed by atoms with Crippen LogP contribution < -0.4 is 4.74 Å². The predicted octanol–water partition coefficient (Wildman–Crippen LogP) is 3.95. The number of benzene rings is 1. The van der Waals surface area contributed by atoms with Gasteiger partial charge in [0.2, 0.25) is 0 Å². The molecule has 2 saturated carbocycles. The molecule has 1 N–H and O–H groups in total. The summed E-state index contributed by atoms with van der Waals surface area (Å²) in [4.78, 5) is 0. The van der Waals surface area contributed by atoms with Crippen LogP contribution in [-0.4, -0.2) is 11.7 Å². The van der Waals surface area contributed by atoms with Crippen LogP contribution in [0.3, 0.4) is 0 Å². The highest BCUT2D eigenvalue weighted by Gasteiger charge is 2.54. The van der Waals surface area contributed by atoms with Crippen LogP contribution in [0.4, 0.5) is 0 Å². The largest absolute Gasteiger partial charge is 0.493 e. The van der Waals surface area contributed by atoms with E-state index in [-0.39, 0.29) is 6.10 Å². The van der Waals surface area contributed by atoms with Crippen LogP contribution in [0, 0.1) is 17.8 Å². The molecule has 3 rings (SSSR count). The minimum atomic E-state index is -0.332. The van der Waals surface area contributed by atoms with Crippen molar-refractivity contribution in [3.05, 3.63) is 29.8 Å². The van der Waals surface area contributed by atoms with Crippen LogP contribution in [0.25, 0.3) is 0 Å². The number of aliphatic hydroxyl groups is 1. The third-order valence-electron chi connectivity index (χ3n) is 4.79. The third kappa shape index (κ3) is 2.51. The molecule has 2 fully saturated rings. The summed E-state index contributed by atoms with van der Waals surface area (Å²) in [6.45, 7) is 2.83. The number of rotatable bonds is 5. The van der Waals surface area contributed by atoms with Gasteiger partial charge in [-0.2, -0.15) is 0 Å². The molecule has 3 atom stereocenters. The van der Waals surface area contributed by atoms with Gasteiger partial charge in [0.15, 0.2) is 0 Å². The quantitative estimate of drug-likeness (QED) is 0.868. The number of para-hydroxylation sites is 1. The molecule has 0 amide bonds. The molecular formula is C17H24O2. The Bertz CT molecular complexity index is 417. The fraction of sp³-hybridized carbons (Fsp3) is 0.647. The van der Waals surface area contributed by atoms with Gasteiger partial charge in [-0.1, -0.05) is 38.0 Å². The highest BCUT2D eigenvalue weighted by Crippen LogP contribution is 2.60. The van der Waals surface area contributed by atoms with Crippen LogP contribution in [0.5, 0.6) is 5.75 Å². The second-order valence-corrected chi connectivity index (χ2v) is 6.02. The van der Waals surface area contributed by atoms with Gasteiger partial charge in [-0.25, -0.2) is 0 Å². The zero-order valence-corrected chi connectivity index (χ0v) is 11.7. The Morgan fingerprint density at radius 2 is 1.89 bits per heavy atom. The number of fused-ring (bicyclic) bond motifs is 1. The summed E-state index contributed by atoms with van der Waals surface area (Å²) < 4.78 is 5.78. The predicted molar refractivity (Wildman–Crippen MR) is 76.1 cm³/mol. The molecular weight excluding hydrogens is 236 g/mol. The standard InChI is InChI=1S/C17H24O2/c1-2-11-19-15-10-6-5-9-14(15)17(18)16-12-7-3-4-8-13(12)16/h5-6,9-10,12-13,16-18H,2-4,7-8,11H2,1H3. The lowest BCUT2D eigenvalue weighted by molar-refractivity contribution is 0.137. The molecule has 0 heterocycles. The van der Waals surface area contributed by atoms with E-state index in [2.05, 4.69) is 6.92 Å². The first-order valence-corrected chi connectivity index (χ1v) is 7.72. The SMILES string of the molecule is CCCOc1ccccc1C(O)C1C2CCCCC21. The van der Waals surface area contributed by atoms with E-state index in [1.54, 1.807) is 0 Å². The van der Waals surface area contributed by atoms with Crippen molar-refractivity contribution >= 4 is 0 Å². The summed E-state index contributed by atoms with van der Waals surface area (Å²) in [7, 11) is 0. The first-order chi connectivity index (χ1) is 9.33. The van der Waals surface area contributed by atoms with Gasteiger partial charge in [-0.15, -0.1) is 0 Å². The van der Waals surface area contributed by atoms with Crippen LogP contribution in [0.2, 0.25) is 0 Å². The maximum atomic E-state index is 10.7. The van der Waals surface area contributed by atoms with Crippen molar-refractivity contribution in [1.82, 2.24) is 0 Å². The zero-order valence-electron chi connectivity index (χ0n) is 11.7. The third-order valence-corrected chi connectivity index (χ3v) is 4.79. The van der Waals surface area contributed by atoms with Crippen LogP contribution in [0.15, 0.2) is 24.3 Å². The van der Waals surface area contributed by atoms with E-state index in [4.69, 9.17) is 4.74 Å². The molecule has 0 aromatic heterocycles. The van der Waals surface area contributed by atoms with E-state index in [1.807, 2.05) is 24.3 Å². The summed E-state index contributed by atoms with van der Waals surface area (Å²) >= 11 is 0. The molecule has 2 aliphatic carbocycles. The van der Waals surface area contributed by atoms with Gasteiger partial charge >= 0.3 is 0 Å². The van der Waals surface area contributed by atoms with Crippen molar-refractivity contribution in [3.8, 4) is 5.75 Å². The minimum absolute atomic E-state index is 0.332. The number of ether oxygens (including phenoxy) is 1. The van der Waals surface area contributed by atoms with E-state index in [0.29, 0.717) is 5.92 Å². The van der Waals surface area contributed by atoms with E-state index in [0.717, 1.165) is 36.2 Å². The first kappa shape index (κ1) is 13.0. The number of hydrogen-bond acceptors (Lipinski definition) is 2. The monoisotopic (exact) mass is 260 g/mol. The Hall–Kier alpha value is -1.02. The van der Waals surface area contributed by atoms with Crippen LogP contribution in [-0.2, 0) is 0 Å². The van der Waals surface area contributed by atoms with Gasteiger partial charge in [0.25, 0.3) is 0 Å². The Kier molecular flexibility index (Phi) is 3.79. The van der Waals surface area contributed by atoms with Gasteiger partial charge in [-0.3, -0.25) is 0 Å². The molecule has 0 aliphatic heterocycles. The Morgan fingerprint density at radius 1 is 1.21 bits per heavy atom. The lowest BCUT2D eigenvalue weighted by atomic mass is 10.0. The molecule has 19 heavy (non-hydrogen) atoms. The summed E-state index contributed by atoms with van der Waals surface area (Å²) in [5, 5.41) is 10.7. The van der Waals surface area contributed by atoms with Crippen LogP contribution >= 0.6 is 0 Å². The normalized spacial score (nSPS) is 30.5. The van der Waals surface area contributed by atoms with Crippen molar-refractivity contribution in [2.75, 3.05) is 6.61 Å². The van der Waals surface area contributed by atoms with Crippen molar-refractivity contribution in [1.29, 1.82) is 0 Å². The fourth-order valence-electron chi connectivity index (χ4n) is 3.79. The van der Waals surface area contributed by atoms with Gasteiger partial charge < -0.3 is 9.84 Å². The molecule has 0 spiro atoms. The smallest absolute Gasteiger partial charge is 0.125 e. The Balaban J connectivity index is 1.74. The summed E-state index contributed by atoms with van der Waals surface area (Å²) in [5.41, 5.74) is 0.996. The highest BCUT2D eigenvalue weighted by molar-refractivity contribution is 5.36. The maximum Gasteiger partial charge on any atom is 0.125 e. The van der Waals surface area contributed by atoms with Crippen molar-refractivity contribution in [2.45, 2.75) is 45.1 Å². The topological polar surface area (TPSA) is 29.5 Å². The maximum absolute atomic E-state index is 10.7. The molecule has 2 heteroatoms. The number of aliphatic hydroxyl groups excluding tert-OH is 1. The second kappa shape index (κ2) is 5.54. The van der Waals surface area contributed by atoms with Gasteiger partial charge in [0.1, 0.15) is 5.75 Å². The average molecular weight is 260 g/mol. The van der Waals surface area contributed by atoms with Crippen LogP contribution in [0.1, 0.15) is 50.7 Å². The van der Waals surface area contributed by atoms with Gasteiger partial charge in [-0.05, 0) is 43.1 Å². The molecule has 2 aliphatic rings. The van der Waals surface area contributed by atoms with Crippen molar-refractivity contribution in [2.24, 2.45) is 17.8 Å². The summed E-state index contributed by atoms with van der Waals surface area (Å²) in [6.07, 6.45) is 5.98. The van der Waals surface area contributed by atoms with Gasteiger partial charge in [0, 0.05) is 5.56 Å². The first-order valence-electron chi connectivity index (χ1n) is 7.72. The average Bonchev–Trinajstić information content (AvgIpc) is 3.19. The molecule has 1 aromatic carbocycles. The van der Waals surface area contributed by atoms with Crippen molar-refractivity contribution < 1.29 is 9.84 Å². The molecule has 1 aromatic rings. The van der Waals surface area contributed by atoms with E-state index in [1.165, 1.54) is 25.7 Å². The highest BCUT2D eigenvalue weighted by atomic mass is 16.5. The molecule has 0 radical (unpaired) electrons. The molecule has 0 saturated heterocycles. The second-order valence-electron chi connectivity index (χ2n) is 6.02. The zero-order chi connectivity index (χ0) is 13.2.